The number of benzene rings is 1. The third kappa shape index (κ3) is 11.1. The number of nitrogens with zero attached hydrogens (tertiary/aromatic N) is 3. The van der Waals surface area contributed by atoms with Crippen LogP contribution < -0.4 is 27.0 Å². The summed E-state index contributed by atoms with van der Waals surface area (Å²) in [5, 5.41) is 21.6. The number of rotatable bonds is 18. The van der Waals surface area contributed by atoms with E-state index in [2.05, 4.69) is 36.2 Å². The van der Waals surface area contributed by atoms with Crippen molar-refractivity contribution in [2.75, 3.05) is 75.2 Å². The van der Waals surface area contributed by atoms with E-state index in [1.807, 2.05) is 0 Å². The van der Waals surface area contributed by atoms with E-state index in [4.69, 9.17) is 20.3 Å². The highest BCUT2D eigenvalue weighted by atomic mass is 16.5. The Balaban J connectivity index is 1.51. The van der Waals surface area contributed by atoms with Gasteiger partial charge in [-0.3, -0.25) is 4.79 Å². The molecular weight excluding hydrogens is 488 g/mol. The summed E-state index contributed by atoms with van der Waals surface area (Å²) in [6.07, 6.45) is 6.91. The summed E-state index contributed by atoms with van der Waals surface area (Å²) in [7, 11) is 0. The molecule has 0 bridgehead atoms. The fraction of sp³-hybridized carbons (Fsp3) is 0.615. The number of aromatic nitrogens is 3. The summed E-state index contributed by atoms with van der Waals surface area (Å²) in [4.78, 5) is 25.9. The van der Waals surface area contributed by atoms with E-state index in [0.29, 0.717) is 81.8 Å². The maximum atomic E-state index is 12.4. The molecule has 0 radical (unpaired) electrons. The molecule has 1 aromatic heterocycles. The highest BCUT2D eigenvalue weighted by molar-refractivity contribution is 5.94. The zero-order valence-corrected chi connectivity index (χ0v) is 22.1. The third-order valence-electron chi connectivity index (χ3n) is 6.10. The minimum atomic E-state index is -0.177. The van der Waals surface area contributed by atoms with Crippen molar-refractivity contribution >= 4 is 29.4 Å². The molecule has 12 nitrogen and oxygen atoms in total. The van der Waals surface area contributed by atoms with Gasteiger partial charge in [-0.2, -0.15) is 15.0 Å². The zero-order chi connectivity index (χ0) is 26.8. The Labute approximate surface area is 224 Å². The van der Waals surface area contributed by atoms with E-state index < -0.39 is 0 Å². The Kier molecular flexibility index (Phi) is 13.5. The van der Waals surface area contributed by atoms with Crippen molar-refractivity contribution < 1.29 is 19.4 Å². The second-order valence-corrected chi connectivity index (χ2v) is 9.17. The lowest BCUT2D eigenvalue weighted by Crippen LogP contribution is -2.27. The van der Waals surface area contributed by atoms with Crippen LogP contribution in [-0.4, -0.2) is 85.2 Å². The molecule has 210 valence electrons. The monoisotopic (exact) mass is 530 g/mol. The van der Waals surface area contributed by atoms with Gasteiger partial charge in [-0.05, 0) is 49.4 Å². The molecule has 1 amide bonds. The van der Waals surface area contributed by atoms with E-state index in [1.54, 1.807) is 24.3 Å². The average Bonchev–Trinajstić information content (AvgIpc) is 2.94. The van der Waals surface area contributed by atoms with Crippen LogP contribution in [0.5, 0.6) is 0 Å². The van der Waals surface area contributed by atoms with E-state index in [1.165, 1.54) is 32.1 Å². The number of aliphatic hydroxyl groups is 1. The summed E-state index contributed by atoms with van der Waals surface area (Å²) < 4.78 is 10.7. The molecule has 7 N–H and O–H groups in total. The van der Waals surface area contributed by atoms with E-state index in [9.17, 15) is 4.79 Å². The first-order valence-electron chi connectivity index (χ1n) is 13.5. The van der Waals surface area contributed by atoms with Gasteiger partial charge in [0, 0.05) is 44.0 Å². The molecule has 0 aliphatic heterocycles. The van der Waals surface area contributed by atoms with Crippen LogP contribution in [0.2, 0.25) is 0 Å². The second-order valence-electron chi connectivity index (χ2n) is 9.17. The average molecular weight is 531 g/mol. The molecule has 1 aliphatic carbocycles. The van der Waals surface area contributed by atoms with Crippen LogP contribution in [0.4, 0.5) is 23.5 Å². The smallest absolute Gasteiger partial charge is 0.251 e. The number of nitrogens with one attached hydrogen (secondary N) is 4. The fourth-order valence-electron chi connectivity index (χ4n) is 4.07. The Bertz CT molecular complexity index is 941. The van der Waals surface area contributed by atoms with Crippen molar-refractivity contribution in [2.24, 2.45) is 11.7 Å². The Morgan fingerprint density at radius 1 is 0.895 bits per heavy atom. The van der Waals surface area contributed by atoms with Gasteiger partial charge in [-0.15, -0.1) is 0 Å². The number of hydrogen-bond donors (Lipinski definition) is 6. The van der Waals surface area contributed by atoms with Crippen molar-refractivity contribution in [2.45, 2.75) is 38.5 Å². The largest absolute Gasteiger partial charge is 0.396 e. The van der Waals surface area contributed by atoms with Gasteiger partial charge < -0.3 is 41.6 Å². The van der Waals surface area contributed by atoms with Gasteiger partial charge in [-0.25, -0.2) is 0 Å². The number of aliphatic hydroxyl groups excluding tert-OH is 1. The Morgan fingerprint density at radius 2 is 1.58 bits per heavy atom. The summed E-state index contributed by atoms with van der Waals surface area (Å²) in [6.45, 7) is 4.23. The lowest BCUT2D eigenvalue weighted by molar-refractivity contribution is 0.0511. The van der Waals surface area contributed by atoms with Crippen molar-refractivity contribution in [3.8, 4) is 0 Å². The molecule has 0 spiro atoms. The summed E-state index contributed by atoms with van der Waals surface area (Å²) in [5.41, 5.74) is 6.64. The predicted molar refractivity (Wildman–Crippen MR) is 148 cm³/mol. The van der Waals surface area contributed by atoms with Crippen LogP contribution in [0.1, 0.15) is 48.9 Å². The molecule has 1 fully saturated rings. The van der Waals surface area contributed by atoms with Gasteiger partial charge in [0.2, 0.25) is 17.8 Å². The molecule has 0 saturated heterocycles. The maximum Gasteiger partial charge on any atom is 0.251 e. The van der Waals surface area contributed by atoms with Gasteiger partial charge in [-0.1, -0.05) is 19.3 Å². The normalized spacial score (nSPS) is 13.7. The minimum absolute atomic E-state index is 0.0904. The molecule has 12 heteroatoms. The molecule has 38 heavy (non-hydrogen) atoms. The number of amides is 1. The highest BCUT2D eigenvalue weighted by Crippen LogP contribution is 2.24. The molecule has 3 rings (SSSR count). The van der Waals surface area contributed by atoms with Crippen molar-refractivity contribution in [1.82, 2.24) is 20.3 Å². The van der Waals surface area contributed by atoms with Gasteiger partial charge in [0.1, 0.15) is 0 Å². The second kappa shape index (κ2) is 17.4. The van der Waals surface area contributed by atoms with Gasteiger partial charge in [0.05, 0.1) is 26.4 Å². The SMILES string of the molecule is NCCOCCOCCNC(=O)c1ccc(Nc2nc(NCCCO)nc(NCC3CCCCC3)n2)cc1. The van der Waals surface area contributed by atoms with E-state index in [-0.39, 0.29) is 12.5 Å². The number of nitrogens with two attached hydrogens (primary N) is 1. The minimum Gasteiger partial charge on any atom is -0.396 e. The molecule has 1 aromatic carbocycles. The van der Waals surface area contributed by atoms with Gasteiger partial charge in [0.25, 0.3) is 5.91 Å². The standard InChI is InChI=1S/C26H42N8O4/c27-11-15-37-17-18-38-16-13-28-23(36)21-7-9-22(10-8-21)31-26-33-24(29-12-4-14-35)32-25(34-26)30-19-20-5-2-1-3-6-20/h7-10,20,35H,1-6,11-19,27H2,(H,28,36)(H3,29,30,31,32,33,34). The first kappa shape index (κ1) is 29.5. The number of carbonyl (C=O) groups excluding carboxylic acids is 1. The molecule has 1 saturated carbocycles. The number of ether oxygens (including phenoxy) is 2. The summed E-state index contributed by atoms with van der Waals surface area (Å²) >= 11 is 0. The zero-order valence-electron chi connectivity index (χ0n) is 22.1. The number of carbonyl (C=O) groups is 1. The first-order chi connectivity index (χ1) is 18.7. The lowest BCUT2D eigenvalue weighted by Gasteiger charge is -2.21. The van der Waals surface area contributed by atoms with Crippen LogP contribution in [0, 0.1) is 5.92 Å². The van der Waals surface area contributed by atoms with Crippen LogP contribution in [0.15, 0.2) is 24.3 Å². The fourth-order valence-corrected chi connectivity index (χ4v) is 4.07. The predicted octanol–water partition coefficient (Wildman–Crippen LogP) is 2.12. The lowest BCUT2D eigenvalue weighted by atomic mass is 9.89. The van der Waals surface area contributed by atoms with Crippen LogP contribution >= 0.6 is 0 Å². The molecular formula is C26H42N8O4. The van der Waals surface area contributed by atoms with Crippen LogP contribution in [-0.2, 0) is 9.47 Å². The van der Waals surface area contributed by atoms with Crippen molar-refractivity contribution in [3.05, 3.63) is 29.8 Å². The van der Waals surface area contributed by atoms with Crippen molar-refractivity contribution in [1.29, 1.82) is 0 Å². The van der Waals surface area contributed by atoms with Crippen LogP contribution in [0.3, 0.4) is 0 Å². The molecule has 0 unspecified atom stereocenters. The Hall–Kier alpha value is -3.06. The van der Waals surface area contributed by atoms with Gasteiger partial charge >= 0.3 is 0 Å². The summed E-state index contributed by atoms with van der Waals surface area (Å²) in [5.74, 6) is 1.78. The maximum absolute atomic E-state index is 12.4. The van der Waals surface area contributed by atoms with Gasteiger partial charge in [0.15, 0.2) is 0 Å². The topological polar surface area (TPSA) is 169 Å². The Morgan fingerprint density at radius 3 is 2.29 bits per heavy atom. The van der Waals surface area contributed by atoms with E-state index in [0.717, 1.165) is 12.2 Å². The highest BCUT2D eigenvalue weighted by Gasteiger charge is 2.15. The first-order valence-corrected chi connectivity index (χ1v) is 13.5. The molecule has 2 aromatic rings. The third-order valence-corrected chi connectivity index (χ3v) is 6.10. The quantitative estimate of drug-likeness (QED) is 0.156. The number of hydrogen-bond acceptors (Lipinski definition) is 11. The number of anilines is 4. The molecule has 1 heterocycles. The van der Waals surface area contributed by atoms with Crippen molar-refractivity contribution in [3.63, 3.8) is 0 Å². The van der Waals surface area contributed by atoms with E-state index >= 15 is 0 Å². The molecule has 0 atom stereocenters. The van der Waals surface area contributed by atoms with Crippen LogP contribution in [0.25, 0.3) is 0 Å². The molecule has 1 aliphatic rings. The summed E-state index contributed by atoms with van der Waals surface area (Å²) in [6, 6.07) is 7.09.